The minimum Gasteiger partial charge on any atom is -0.508 e. The molecule has 0 bridgehead atoms. The Morgan fingerprint density at radius 1 is 1.20 bits per heavy atom. The molecule has 0 spiro atoms. The molecule has 0 saturated heterocycles. The van der Waals surface area contributed by atoms with Crippen molar-refractivity contribution >= 4 is 0 Å². The smallest absolute Gasteiger partial charge is 0.294 e. The number of benzene rings is 1. The predicted octanol–water partition coefficient (Wildman–Crippen LogP) is 6.09. The van der Waals surface area contributed by atoms with Crippen molar-refractivity contribution in [3.8, 4) is 11.5 Å². The second kappa shape index (κ2) is 9.71. The SMILES string of the molecule is CC1=CC[C@@H]2[C@@H](C1)c1c(O)cc(CCCCCCCCO[N+](=O)[O-])cc1OC2(C)C. The number of aromatic hydroxyl groups is 1. The van der Waals surface area contributed by atoms with Gasteiger partial charge in [0.25, 0.3) is 5.09 Å². The molecule has 6 heteroatoms. The van der Waals surface area contributed by atoms with E-state index >= 15 is 0 Å². The predicted molar refractivity (Wildman–Crippen MR) is 116 cm³/mol. The molecule has 1 N–H and O–H groups in total. The minimum atomic E-state index is -0.731. The molecule has 0 unspecified atom stereocenters. The normalized spacial score (nSPS) is 21.8. The molecule has 2 atom stereocenters. The first-order valence-electron chi connectivity index (χ1n) is 11.3. The highest BCUT2D eigenvalue weighted by Crippen LogP contribution is 2.54. The first kappa shape index (κ1) is 22.4. The third-order valence-electron chi connectivity index (χ3n) is 6.62. The van der Waals surface area contributed by atoms with E-state index in [2.05, 4.69) is 37.8 Å². The van der Waals surface area contributed by atoms with Crippen LogP contribution >= 0.6 is 0 Å². The van der Waals surface area contributed by atoms with Crippen LogP contribution in [0.15, 0.2) is 23.8 Å². The highest BCUT2D eigenvalue weighted by molar-refractivity contribution is 5.52. The van der Waals surface area contributed by atoms with E-state index in [0.717, 1.165) is 74.7 Å². The van der Waals surface area contributed by atoms with E-state index in [9.17, 15) is 15.2 Å². The molecule has 6 nitrogen and oxygen atoms in total. The molecule has 0 fully saturated rings. The van der Waals surface area contributed by atoms with Crippen molar-refractivity contribution in [3.05, 3.63) is 45.0 Å². The van der Waals surface area contributed by atoms with Crippen LogP contribution in [0.3, 0.4) is 0 Å². The lowest BCUT2D eigenvalue weighted by Crippen LogP contribution is -2.45. The van der Waals surface area contributed by atoms with Gasteiger partial charge in [0.2, 0.25) is 0 Å². The lowest BCUT2D eigenvalue weighted by atomic mass is 9.67. The molecule has 0 amide bonds. The fraction of sp³-hybridized carbons (Fsp3) is 0.667. The minimum absolute atomic E-state index is 0.189. The molecule has 30 heavy (non-hydrogen) atoms. The van der Waals surface area contributed by atoms with E-state index in [0.29, 0.717) is 17.6 Å². The van der Waals surface area contributed by atoms with Crippen molar-refractivity contribution in [1.82, 2.24) is 0 Å². The van der Waals surface area contributed by atoms with Gasteiger partial charge in [0.05, 0.1) is 6.61 Å². The van der Waals surface area contributed by atoms with Gasteiger partial charge in [-0.3, -0.25) is 0 Å². The highest BCUT2D eigenvalue weighted by Gasteiger charge is 2.45. The summed E-state index contributed by atoms with van der Waals surface area (Å²) in [6.07, 6.45) is 11.2. The molecule has 166 valence electrons. The number of phenols is 1. The van der Waals surface area contributed by atoms with Gasteiger partial charge < -0.3 is 14.7 Å². The Labute approximate surface area is 179 Å². The van der Waals surface area contributed by atoms with E-state index in [1.807, 2.05) is 6.07 Å². The van der Waals surface area contributed by atoms with Gasteiger partial charge in [-0.2, -0.15) is 0 Å². The largest absolute Gasteiger partial charge is 0.508 e. The molecule has 0 aromatic heterocycles. The zero-order chi connectivity index (χ0) is 21.7. The number of hydrogen-bond donors (Lipinski definition) is 1. The van der Waals surface area contributed by atoms with Crippen molar-refractivity contribution in [1.29, 1.82) is 0 Å². The van der Waals surface area contributed by atoms with Gasteiger partial charge in [-0.15, -0.1) is 10.1 Å². The third-order valence-corrected chi connectivity index (χ3v) is 6.62. The summed E-state index contributed by atoms with van der Waals surface area (Å²) in [5.74, 6) is 1.95. The van der Waals surface area contributed by atoms with Gasteiger partial charge in [-0.25, -0.2) is 0 Å². The number of ether oxygens (including phenoxy) is 1. The first-order valence-corrected chi connectivity index (χ1v) is 11.3. The van der Waals surface area contributed by atoms with Gasteiger partial charge >= 0.3 is 0 Å². The molecule has 3 rings (SSSR count). The van der Waals surface area contributed by atoms with E-state index < -0.39 is 5.09 Å². The number of fused-ring (bicyclic) bond motifs is 3. The average molecular weight is 418 g/mol. The van der Waals surface area contributed by atoms with Crippen LogP contribution in [0.25, 0.3) is 0 Å². The fourth-order valence-electron chi connectivity index (χ4n) is 5.04. The maximum Gasteiger partial charge on any atom is 0.294 e. The van der Waals surface area contributed by atoms with Crippen molar-refractivity contribution in [2.45, 2.75) is 90.1 Å². The summed E-state index contributed by atoms with van der Waals surface area (Å²) >= 11 is 0. The standard InChI is InChI=1S/C24H35NO5/c1-17-11-12-20-19(14-17)23-21(26)15-18(16-22(23)30-24(20,2)3)10-8-6-4-5-7-9-13-29-25(27)28/h11,15-16,19-20,26H,4-10,12-14H2,1-3H3/t19-,20-/m1/s1. The summed E-state index contributed by atoms with van der Waals surface area (Å²) in [6.45, 7) is 6.71. The van der Waals surface area contributed by atoms with Crippen LogP contribution in [0, 0.1) is 16.0 Å². The second-order valence-corrected chi connectivity index (χ2v) is 9.36. The zero-order valence-electron chi connectivity index (χ0n) is 18.5. The molecule has 0 radical (unpaired) electrons. The molecule has 1 aliphatic heterocycles. The lowest BCUT2D eigenvalue weighted by molar-refractivity contribution is -0.757. The van der Waals surface area contributed by atoms with Crippen molar-refractivity contribution in [3.63, 3.8) is 0 Å². The Bertz CT molecular complexity index is 786. The van der Waals surface area contributed by atoms with Gasteiger partial charge in [0, 0.05) is 17.4 Å². The van der Waals surface area contributed by atoms with Gasteiger partial charge in [0.1, 0.15) is 17.1 Å². The van der Waals surface area contributed by atoms with Gasteiger partial charge in [-0.1, -0.05) is 37.3 Å². The molecule has 1 aliphatic carbocycles. The zero-order valence-corrected chi connectivity index (χ0v) is 18.5. The Morgan fingerprint density at radius 3 is 2.63 bits per heavy atom. The van der Waals surface area contributed by atoms with Crippen LogP contribution in [0.1, 0.15) is 89.2 Å². The number of unbranched alkanes of at least 4 members (excludes halogenated alkanes) is 5. The quantitative estimate of drug-likeness (QED) is 0.215. The number of allylic oxidation sites excluding steroid dienone is 2. The molecule has 1 aromatic carbocycles. The first-order chi connectivity index (χ1) is 14.3. The van der Waals surface area contributed by atoms with E-state index in [1.165, 1.54) is 5.57 Å². The average Bonchev–Trinajstić information content (AvgIpc) is 2.65. The maximum atomic E-state index is 10.8. The number of hydrogen-bond acceptors (Lipinski definition) is 5. The summed E-state index contributed by atoms with van der Waals surface area (Å²) in [6, 6.07) is 4.07. The van der Waals surface area contributed by atoms with Gasteiger partial charge in [0.15, 0.2) is 0 Å². The Hall–Kier alpha value is -2.24. The summed E-state index contributed by atoms with van der Waals surface area (Å²) in [5.41, 5.74) is 3.28. The second-order valence-electron chi connectivity index (χ2n) is 9.36. The van der Waals surface area contributed by atoms with Gasteiger partial charge in [-0.05, 0) is 70.6 Å². The van der Waals surface area contributed by atoms with Crippen LogP contribution in [0.2, 0.25) is 0 Å². The maximum absolute atomic E-state index is 10.8. The molecular formula is C24H35NO5. The monoisotopic (exact) mass is 417 g/mol. The summed E-state index contributed by atoms with van der Waals surface area (Å²) in [7, 11) is 0. The van der Waals surface area contributed by atoms with Crippen molar-refractivity contribution in [2.24, 2.45) is 5.92 Å². The van der Waals surface area contributed by atoms with Crippen LogP contribution in [0.4, 0.5) is 0 Å². The van der Waals surface area contributed by atoms with Crippen molar-refractivity contribution < 1.29 is 19.8 Å². The summed E-state index contributed by atoms with van der Waals surface area (Å²) < 4.78 is 6.40. The molecular weight excluding hydrogens is 382 g/mol. The molecule has 0 saturated carbocycles. The number of phenolic OH excluding ortho intramolecular Hbond substituents is 1. The number of nitrogens with zero attached hydrogens (tertiary/aromatic N) is 1. The summed E-state index contributed by atoms with van der Waals surface area (Å²) in [4.78, 5) is 14.4. The van der Waals surface area contributed by atoms with Crippen LogP contribution in [-0.4, -0.2) is 22.4 Å². The van der Waals surface area contributed by atoms with E-state index in [1.54, 1.807) is 0 Å². The third kappa shape index (κ3) is 5.46. The Morgan fingerprint density at radius 2 is 1.90 bits per heavy atom. The van der Waals surface area contributed by atoms with Crippen LogP contribution in [-0.2, 0) is 11.3 Å². The van der Waals surface area contributed by atoms with Crippen LogP contribution < -0.4 is 4.74 Å². The topological polar surface area (TPSA) is 81.8 Å². The Balaban J connectivity index is 1.52. The number of rotatable bonds is 10. The number of aryl methyl sites for hydroxylation is 1. The van der Waals surface area contributed by atoms with E-state index in [4.69, 9.17) is 4.74 Å². The Kier molecular flexibility index (Phi) is 7.27. The highest BCUT2D eigenvalue weighted by atomic mass is 16.9. The van der Waals surface area contributed by atoms with Crippen LogP contribution in [0.5, 0.6) is 11.5 Å². The summed E-state index contributed by atoms with van der Waals surface area (Å²) in [5, 5.41) is 20.2. The fourth-order valence-corrected chi connectivity index (χ4v) is 5.04. The molecule has 1 heterocycles. The molecule has 1 aromatic rings. The van der Waals surface area contributed by atoms with Crippen molar-refractivity contribution in [2.75, 3.05) is 6.61 Å². The van der Waals surface area contributed by atoms with E-state index in [-0.39, 0.29) is 12.2 Å². The molecule has 2 aliphatic rings. The lowest BCUT2D eigenvalue weighted by Gasteiger charge is -2.47.